The molecule has 0 radical (unpaired) electrons. The molecule has 4 heteroatoms. The summed E-state index contributed by atoms with van der Waals surface area (Å²) in [4.78, 5) is 11.9. The summed E-state index contributed by atoms with van der Waals surface area (Å²) in [5.41, 5.74) is 2.63. The minimum absolute atomic E-state index is 0.922. The fraction of sp³-hybridized carbons (Fsp3) is 0.533. The van der Waals surface area contributed by atoms with Gasteiger partial charge in [-0.25, -0.2) is 0 Å². The van der Waals surface area contributed by atoms with Crippen LogP contribution in [0.1, 0.15) is 13.8 Å². The summed E-state index contributed by atoms with van der Waals surface area (Å²) in [6.07, 6.45) is 0. The standard InChI is InChI=1S/C15H22N4/c1-3-17(4-2)11-12-19-14-8-6-5-7-13(14)18-10-9-16-15(18)19/h5-8H,3-4,9-12H2,1-2H3. The van der Waals surface area contributed by atoms with Gasteiger partial charge in [0.05, 0.1) is 17.9 Å². The monoisotopic (exact) mass is 258 g/mol. The van der Waals surface area contributed by atoms with Gasteiger partial charge in [-0.1, -0.05) is 26.0 Å². The third kappa shape index (κ3) is 2.10. The third-order valence-electron chi connectivity index (χ3n) is 4.06. The number of aliphatic imine (C=N–C) groups is 1. The van der Waals surface area contributed by atoms with Crippen molar-refractivity contribution < 1.29 is 0 Å². The van der Waals surface area contributed by atoms with E-state index in [2.05, 4.69) is 57.8 Å². The Hall–Kier alpha value is -1.55. The van der Waals surface area contributed by atoms with Gasteiger partial charge in [-0.15, -0.1) is 0 Å². The summed E-state index contributed by atoms with van der Waals surface area (Å²) >= 11 is 0. The largest absolute Gasteiger partial charge is 0.309 e. The molecular weight excluding hydrogens is 236 g/mol. The maximum atomic E-state index is 4.67. The number of guanidine groups is 1. The average Bonchev–Trinajstić information content (AvgIpc) is 3.02. The van der Waals surface area contributed by atoms with Crippen LogP contribution in [0.3, 0.4) is 0 Å². The van der Waals surface area contributed by atoms with Crippen LogP contribution in [0, 0.1) is 0 Å². The van der Waals surface area contributed by atoms with Gasteiger partial charge in [0.15, 0.2) is 0 Å². The van der Waals surface area contributed by atoms with Crippen LogP contribution in [-0.2, 0) is 0 Å². The van der Waals surface area contributed by atoms with Crippen molar-refractivity contribution >= 4 is 17.3 Å². The molecule has 2 heterocycles. The maximum absolute atomic E-state index is 4.67. The van der Waals surface area contributed by atoms with E-state index in [-0.39, 0.29) is 0 Å². The lowest BCUT2D eigenvalue weighted by Crippen LogP contribution is -2.40. The molecule has 3 rings (SSSR count). The predicted octanol–water partition coefficient (Wildman–Crippen LogP) is 2.02. The van der Waals surface area contributed by atoms with E-state index in [0.717, 1.165) is 45.2 Å². The normalized spacial score (nSPS) is 16.9. The Balaban J connectivity index is 1.80. The Bertz CT molecular complexity index is 479. The zero-order chi connectivity index (χ0) is 13.2. The smallest absolute Gasteiger partial charge is 0.206 e. The van der Waals surface area contributed by atoms with Gasteiger partial charge in [0, 0.05) is 19.6 Å². The molecule has 2 aliphatic rings. The molecule has 4 nitrogen and oxygen atoms in total. The zero-order valence-corrected chi connectivity index (χ0v) is 11.8. The molecule has 0 fully saturated rings. The second-order valence-corrected chi connectivity index (χ2v) is 5.00. The van der Waals surface area contributed by atoms with Crippen molar-refractivity contribution in [1.82, 2.24) is 4.90 Å². The summed E-state index contributed by atoms with van der Waals surface area (Å²) in [6, 6.07) is 8.64. The predicted molar refractivity (Wildman–Crippen MR) is 81.2 cm³/mol. The minimum atomic E-state index is 0.922. The first-order chi connectivity index (χ1) is 9.35. The number of likely N-dealkylation sites (N-methyl/N-ethyl adjacent to an activating group) is 1. The van der Waals surface area contributed by atoms with Crippen molar-refractivity contribution in [2.75, 3.05) is 49.1 Å². The number of hydrogen-bond donors (Lipinski definition) is 0. The van der Waals surface area contributed by atoms with E-state index in [4.69, 9.17) is 0 Å². The van der Waals surface area contributed by atoms with Crippen LogP contribution in [-0.4, -0.2) is 50.1 Å². The van der Waals surface area contributed by atoms with Gasteiger partial charge < -0.3 is 14.7 Å². The molecule has 0 amide bonds. The number of nitrogens with zero attached hydrogens (tertiary/aromatic N) is 4. The lowest BCUT2D eigenvalue weighted by molar-refractivity contribution is 0.313. The van der Waals surface area contributed by atoms with Gasteiger partial charge >= 0.3 is 0 Å². The highest BCUT2D eigenvalue weighted by molar-refractivity contribution is 6.17. The minimum Gasteiger partial charge on any atom is -0.309 e. The summed E-state index contributed by atoms with van der Waals surface area (Å²) in [5.74, 6) is 1.15. The van der Waals surface area contributed by atoms with E-state index in [0.29, 0.717) is 0 Å². The third-order valence-corrected chi connectivity index (χ3v) is 4.06. The highest BCUT2D eigenvalue weighted by atomic mass is 15.5. The van der Waals surface area contributed by atoms with Crippen LogP contribution in [0.25, 0.3) is 0 Å². The topological polar surface area (TPSA) is 22.1 Å². The summed E-state index contributed by atoms with van der Waals surface area (Å²) in [5, 5.41) is 0. The number of fused-ring (bicyclic) bond motifs is 3. The van der Waals surface area contributed by atoms with Crippen molar-refractivity contribution in [3.63, 3.8) is 0 Å². The molecular formula is C15H22N4. The molecule has 0 unspecified atom stereocenters. The van der Waals surface area contributed by atoms with Crippen molar-refractivity contribution in [3.05, 3.63) is 24.3 Å². The Morgan fingerprint density at radius 3 is 2.63 bits per heavy atom. The van der Waals surface area contributed by atoms with E-state index in [1.807, 2.05) is 0 Å². The molecule has 19 heavy (non-hydrogen) atoms. The van der Waals surface area contributed by atoms with Gasteiger partial charge in [-0.05, 0) is 25.2 Å². The first-order valence-electron chi connectivity index (χ1n) is 7.26. The lowest BCUT2D eigenvalue weighted by atomic mass is 10.2. The van der Waals surface area contributed by atoms with Gasteiger partial charge in [0.2, 0.25) is 5.96 Å². The van der Waals surface area contributed by atoms with Crippen LogP contribution in [0.2, 0.25) is 0 Å². The van der Waals surface area contributed by atoms with E-state index in [9.17, 15) is 0 Å². The molecule has 2 aliphatic heterocycles. The molecule has 1 aromatic carbocycles. The van der Waals surface area contributed by atoms with E-state index >= 15 is 0 Å². The molecule has 0 N–H and O–H groups in total. The van der Waals surface area contributed by atoms with Crippen molar-refractivity contribution in [2.24, 2.45) is 4.99 Å². The van der Waals surface area contributed by atoms with Crippen molar-refractivity contribution in [3.8, 4) is 0 Å². The number of para-hydroxylation sites is 2. The fourth-order valence-corrected chi connectivity index (χ4v) is 2.92. The van der Waals surface area contributed by atoms with Crippen LogP contribution >= 0.6 is 0 Å². The highest BCUT2D eigenvalue weighted by Gasteiger charge is 2.34. The molecule has 0 aliphatic carbocycles. The second kappa shape index (κ2) is 5.21. The quantitative estimate of drug-likeness (QED) is 0.807. The van der Waals surface area contributed by atoms with Crippen molar-refractivity contribution in [2.45, 2.75) is 13.8 Å². The SMILES string of the molecule is CCN(CC)CCN1C2=NCCN2c2ccccc21. The van der Waals surface area contributed by atoms with E-state index in [1.54, 1.807) is 0 Å². The van der Waals surface area contributed by atoms with E-state index in [1.165, 1.54) is 11.4 Å². The average molecular weight is 258 g/mol. The molecule has 0 saturated carbocycles. The molecule has 0 bridgehead atoms. The molecule has 0 spiro atoms. The molecule has 1 aromatic rings. The van der Waals surface area contributed by atoms with Crippen molar-refractivity contribution in [1.29, 1.82) is 0 Å². The molecule has 0 atom stereocenters. The Morgan fingerprint density at radius 2 is 1.89 bits per heavy atom. The Morgan fingerprint density at radius 1 is 1.16 bits per heavy atom. The number of anilines is 2. The summed E-state index contributed by atoms with van der Waals surface area (Å²) < 4.78 is 0. The van der Waals surface area contributed by atoms with Crippen LogP contribution < -0.4 is 9.80 Å². The second-order valence-electron chi connectivity index (χ2n) is 5.00. The number of rotatable bonds is 5. The molecule has 0 saturated heterocycles. The zero-order valence-electron chi connectivity index (χ0n) is 11.8. The summed E-state index contributed by atoms with van der Waals surface area (Å²) in [7, 11) is 0. The van der Waals surface area contributed by atoms with Crippen LogP contribution in [0.5, 0.6) is 0 Å². The number of benzene rings is 1. The van der Waals surface area contributed by atoms with Crippen LogP contribution in [0.4, 0.5) is 11.4 Å². The van der Waals surface area contributed by atoms with Gasteiger partial charge in [-0.3, -0.25) is 4.99 Å². The first kappa shape index (κ1) is 12.5. The Kier molecular flexibility index (Phi) is 3.42. The molecule has 0 aromatic heterocycles. The Labute approximate surface area is 115 Å². The fourth-order valence-electron chi connectivity index (χ4n) is 2.92. The maximum Gasteiger partial charge on any atom is 0.206 e. The van der Waals surface area contributed by atoms with E-state index < -0.39 is 0 Å². The van der Waals surface area contributed by atoms with Gasteiger partial charge in [0.1, 0.15) is 0 Å². The van der Waals surface area contributed by atoms with Gasteiger partial charge in [0.25, 0.3) is 0 Å². The van der Waals surface area contributed by atoms with Gasteiger partial charge in [-0.2, -0.15) is 0 Å². The van der Waals surface area contributed by atoms with Crippen LogP contribution in [0.15, 0.2) is 29.3 Å². The number of hydrogen-bond acceptors (Lipinski definition) is 4. The highest BCUT2D eigenvalue weighted by Crippen LogP contribution is 2.38. The summed E-state index contributed by atoms with van der Waals surface area (Å²) in [6.45, 7) is 10.7. The lowest BCUT2D eigenvalue weighted by Gasteiger charge is -2.24. The first-order valence-corrected chi connectivity index (χ1v) is 7.26. The molecule has 102 valence electrons.